The zero-order chi connectivity index (χ0) is 17.3. The van der Waals surface area contributed by atoms with Gasteiger partial charge in [0.1, 0.15) is 5.82 Å². The van der Waals surface area contributed by atoms with Crippen molar-refractivity contribution < 1.29 is 23.5 Å². The first-order valence-corrected chi connectivity index (χ1v) is 8.12. The molecule has 24 heavy (non-hydrogen) atoms. The smallest absolute Gasteiger partial charge is 0.257 e. The second-order valence-electron chi connectivity index (χ2n) is 6.45. The van der Waals surface area contributed by atoms with E-state index in [1.807, 2.05) is 0 Å². The predicted molar refractivity (Wildman–Crippen MR) is 84.0 cm³/mol. The van der Waals surface area contributed by atoms with Crippen LogP contribution in [0.1, 0.15) is 36.0 Å². The summed E-state index contributed by atoms with van der Waals surface area (Å²) in [4.78, 5) is 27.2. The predicted octanol–water partition coefficient (Wildman–Crippen LogP) is 1.89. The highest BCUT2D eigenvalue weighted by Gasteiger charge is 2.37. The molecule has 1 N–H and O–H groups in total. The van der Waals surface area contributed by atoms with Gasteiger partial charge in [-0.05, 0) is 37.5 Å². The number of nitrogens with zero attached hydrogens (tertiary/aromatic N) is 2. The number of hydrogen-bond acceptors (Lipinski definition) is 3. The first kappa shape index (κ1) is 16.8. The second kappa shape index (κ2) is 6.47. The van der Waals surface area contributed by atoms with Gasteiger partial charge in [0.05, 0.1) is 18.7 Å². The van der Waals surface area contributed by atoms with Gasteiger partial charge in [0.15, 0.2) is 5.67 Å². The van der Waals surface area contributed by atoms with Crippen LogP contribution in [0.15, 0.2) is 18.2 Å². The largest absolute Gasteiger partial charge is 0.393 e. The lowest BCUT2D eigenvalue weighted by molar-refractivity contribution is -0.117. The summed E-state index contributed by atoms with van der Waals surface area (Å²) < 4.78 is 28.5. The number of carbonyl (C=O) groups is 2. The molecule has 1 aromatic carbocycles. The number of alkyl halides is 1. The fraction of sp³-hybridized carbons (Fsp3) is 0.529. The maximum Gasteiger partial charge on any atom is 0.257 e. The van der Waals surface area contributed by atoms with Crippen molar-refractivity contribution >= 4 is 17.5 Å². The first-order valence-electron chi connectivity index (χ1n) is 8.12. The van der Waals surface area contributed by atoms with Crippen LogP contribution in [-0.2, 0) is 4.79 Å². The number of halogens is 2. The fourth-order valence-corrected chi connectivity index (χ4v) is 3.33. The van der Waals surface area contributed by atoms with E-state index in [1.54, 1.807) is 0 Å². The molecule has 7 heteroatoms. The molecule has 0 spiro atoms. The van der Waals surface area contributed by atoms with E-state index in [0.717, 1.165) is 12.5 Å². The lowest BCUT2D eigenvalue weighted by Crippen LogP contribution is -2.49. The van der Waals surface area contributed by atoms with Crippen LogP contribution in [0.4, 0.5) is 14.5 Å². The summed E-state index contributed by atoms with van der Waals surface area (Å²) in [5, 5.41) is 9.16. The van der Waals surface area contributed by atoms with Crippen LogP contribution in [0.25, 0.3) is 0 Å². The Kier molecular flexibility index (Phi) is 4.54. The number of benzene rings is 1. The Labute approximate surface area is 138 Å². The summed E-state index contributed by atoms with van der Waals surface area (Å²) in [6, 6.07) is 3.99. The lowest BCUT2D eigenvalue weighted by Gasteiger charge is -2.36. The van der Waals surface area contributed by atoms with Crippen LogP contribution in [0.3, 0.4) is 0 Å². The first-order chi connectivity index (χ1) is 11.4. The van der Waals surface area contributed by atoms with Gasteiger partial charge in [0.2, 0.25) is 5.91 Å². The molecule has 0 radical (unpaired) electrons. The molecule has 2 heterocycles. The number of hydrogen-bond donors (Lipinski definition) is 1. The molecular formula is C17H20F2N2O3. The fourth-order valence-electron chi connectivity index (χ4n) is 3.33. The zero-order valence-corrected chi connectivity index (χ0v) is 13.3. The van der Waals surface area contributed by atoms with Gasteiger partial charge in [-0.1, -0.05) is 0 Å². The number of piperidine rings is 1. The van der Waals surface area contributed by atoms with Gasteiger partial charge < -0.3 is 14.9 Å². The summed E-state index contributed by atoms with van der Waals surface area (Å²) in [5.74, 6) is -1.37. The third kappa shape index (κ3) is 3.13. The number of likely N-dealkylation sites (tertiary alicyclic amines) is 1. The minimum absolute atomic E-state index is 0.0546. The van der Waals surface area contributed by atoms with E-state index in [0.29, 0.717) is 31.6 Å². The van der Waals surface area contributed by atoms with Crippen LogP contribution in [-0.4, -0.2) is 53.7 Å². The molecule has 130 valence electrons. The van der Waals surface area contributed by atoms with Crippen molar-refractivity contribution in [3.05, 3.63) is 29.6 Å². The molecule has 0 aliphatic carbocycles. The van der Waals surface area contributed by atoms with Crippen LogP contribution in [0, 0.1) is 5.82 Å². The number of rotatable bonds is 3. The Morgan fingerprint density at radius 3 is 2.75 bits per heavy atom. The normalized spacial score (nSPS) is 24.5. The Morgan fingerprint density at radius 1 is 1.29 bits per heavy atom. The highest BCUT2D eigenvalue weighted by molar-refractivity contribution is 5.99. The topological polar surface area (TPSA) is 60.9 Å². The van der Waals surface area contributed by atoms with Crippen molar-refractivity contribution in [1.29, 1.82) is 0 Å². The maximum absolute atomic E-state index is 14.3. The molecule has 2 fully saturated rings. The molecule has 3 rings (SSSR count). The van der Waals surface area contributed by atoms with Crippen LogP contribution in [0.2, 0.25) is 0 Å². The van der Waals surface area contributed by atoms with Crippen molar-refractivity contribution in [3.63, 3.8) is 0 Å². The van der Waals surface area contributed by atoms with Gasteiger partial charge in [0.25, 0.3) is 5.91 Å². The number of anilines is 1. The minimum atomic E-state index is -1.84. The van der Waals surface area contributed by atoms with Gasteiger partial charge in [-0.2, -0.15) is 0 Å². The van der Waals surface area contributed by atoms with E-state index in [-0.39, 0.29) is 24.4 Å². The third-order valence-corrected chi connectivity index (χ3v) is 4.66. The van der Waals surface area contributed by atoms with Crippen molar-refractivity contribution in [2.75, 3.05) is 31.1 Å². The SMILES string of the molecule is O=C(c1cc(N2CCCC2=O)ccc1F)N1CCCC(F)(CO)C1. The van der Waals surface area contributed by atoms with E-state index in [9.17, 15) is 18.4 Å². The van der Waals surface area contributed by atoms with Crippen molar-refractivity contribution in [3.8, 4) is 0 Å². The number of carbonyl (C=O) groups excluding carboxylic acids is 2. The standard InChI is InChI=1S/C17H20F2N2O3/c18-14-5-4-12(21-8-1-3-15(21)23)9-13(14)16(24)20-7-2-6-17(19,10-20)11-22/h4-5,9,22H,1-3,6-8,10-11H2. The van der Waals surface area contributed by atoms with E-state index < -0.39 is 24.0 Å². The summed E-state index contributed by atoms with van der Waals surface area (Å²) in [6.45, 7) is -0.0625. The van der Waals surface area contributed by atoms with Gasteiger partial charge in [0, 0.05) is 25.2 Å². The van der Waals surface area contributed by atoms with E-state index in [2.05, 4.69) is 0 Å². The van der Waals surface area contributed by atoms with Crippen LogP contribution < -0.4 is 4.90 Å². The Hall–Kier alpha value is -2.02. The Balaban J connectivity index is 1.85. The van der Waals surface area contributed by atoms with E-state index in [4.69, 9.17) is 5.11 Å². The maximum atomic E-state index is 14.3. The number of aliphatic hydroxyl groups is 1. The molecule has 5 nitrogen and oxygen atoms in total. The summed E-state index contributed by atoms with van der Waals surface area (Å²) in [7, 11) is 0. The molecule has 1 unspecified atom stereocenters. The Morgan fingerprint density at radius 2 is 2.08 bits per heavy atom. The number of aliphatic hydroxyl groups excluding tert-OH is 1. The molecule has 0 bridgehead atoms. The molecular weight excluding hydrogens is 318 g/mol. The molecule has 0 aromatic heterocycles. The molecule has 2 aliphatic heterocycles. The van der Waals surface area contributed by atoms with E-state index in [1.165, 1.54) is 21.9 Å². The average molecular weight is 338 g/mol. The minimum Gasteiger partial charge on any atom is -0.393 e. The number of amides is 2. The third-order valence-electron chi connectivity index (χ3n) is 4.66. The molecule has 2 saturated heterocycles. The summed E-state index contributed by atoms with van der Waals surface area (Å²) in [6.07, 6.45) is 1.76. The zero-order valence-electron chi connectivity index (χ0n) is 13.3. The van der Waals surface area contributed by atoms with Crippen molar-refractivity contribution in [2.24, 2.45) is 0 Å². The average Bonchev–Trinajstić information content (AvgIpc) is 3.01. The van der Waals surface area contributed by atoms with Gasteiger partial charge in [-0.25, -0.2) is 8.78 Å². The molecule has 2 amide bonds. The van der Waals surface area contributed by atoms with Crippen LogP contribution in [0.5, 0.6) is 0 Å². The molecule has 1 atom stereocenters. The lowest BCUT2D eigenvalue weighted by atomic mass is 9.95. The van der Waals surface area contributed by atoms with E-state index >= 15 is 0 Å². The van der Waals surface area contributed by atoms with Gasteiger partial charge in [-0.15, -0.1) is 0 Å². The highest BCUT2D eigenvalue weighted by Crippen LogP contribution is 2.28. The van der Waals surface area contributed by atoms with Gasteiger partial charge >= 0.3 is 0 Å². The highest BCUT2D eigenvalue weighted by atomic mass is 19.1. The van der Waals surface area contributed by atoms with Crippen molar-refractivity contribution in [1.82, 2.24) is 4.90 Å². The second-order valence-corrected chi connectivity index (χ2v) is 6.45. The molecule has 2 aliphatic rings. The Bertz CT molecular complexity index is 667. The van der Waals surface area contributed by atoms with Crippen molar-refractivity contribution in [2.45, 2.75) is 31.4 Å². The monoisotopic (exact) mass is 338 g/mol. The molecule has 1 aromatic rings. The quantitative estimate of drug-likeness (QED) is 0.916. The molecule has 0 saturated carbocycles. The summed E-state index contributed by atoms with van der Waals surface area (Å²) >= 11 is 0. The summed E-state index contributed by atoms with van der Waals surface area (Å²) in [5.41, 5.74) is -1.53. The van der Waals surface area contributed by atoms with Crippen LogP contribution >= 0.6 is 0 Å². The van der Waals surface area contributed by atoms with Gasteiger partial charge in [-0.3, -0.25) is 9.59 Å².